The molecule has 1 saturated heterocycles. The van der Waals surface area contributed by atoms with Crippen LogP contribution in [0.5, 0.6) is 0 Å². The molecule has 1 aliphatic rings. The monoisotopic (exact) mass is 221 g/mol. The maximum Gasteiger partial charge on any atom is 0.231 e. The van der Waals surface area contributed by atoms with Gasteiger partial charge >= 0.3 is 0 Å². The van der Waals surface area contributed by atoms with Crippen LogP contribution in [0.2, 0.25) is 0 Å². The lowest BCUT2D eigenvalue weighted by Crippen LogP contribution is -2.49. The highest BCUT2D eigenvalue weighted by atomic mass is 16.1. The van der Waals surface area contributed by atoms with Crippen molar-refractivity contribution in [1.82, 2.24) is 14.9 Å². The van der Waals surface area contributed by atoms with E-state index in [2.05, 4.69) is 14.9 Å². The molecule has 0 spiro atoms. The van der Waals surface area contributed by atoms with E-state index in [4.69, 9.17) is 5.73 Å². The van der Waals surface area contributed by atoms with E-state index in [1.807, 2.05) is 4.90 Å². The van der Waals surface area contributed by atoms with Gasteiger partial charge in [0.1, 0.15) is 0 Å². The minimum absolute atomic E-state index is 0.274. The lowest BCUT2D eigenvalue weighted by atomic mass is 10.3. The first-order valence-corrected chi connectivity index (χ1v) is 5.28. The number of primary amides is 1. The fraction of sp³-hybridized carbons (Fsp3) is 0.500. The van der Waals surface area contributed by atoms with Gasteiger partial charge < -0.3 is 10.6 Å². The topological polar surface area (TPSA) is 75.4 Å². The van der Waals surface area contributed by atoms with Crippen LogP contribution in [0.25, 0.3) is 0 Å². The summed E-state index contributed by atoms with van der Waals surface area (Å²) in [5, 5.41) is 0. The highest BCUT2D eigenvalue weighted by molar-refractivity contribution is 5.75. The van der Waals surface area contributed by atoms with Crippen LogP contribution in [0, 0.1) is 0 Å². The lowest BCUT2D eigenvalue weighted by molar-refractivity contribution is -0.119. The van der Waals surface area contributed by atoms with Crippen molar-refractivity contribution in [2.24, 2.45) is 5.73 Å². The smallest absolute Gasteiger partial charge is 0.231 e. The summed E-state index contributed by atoms with van der Waals surface area (Å²) in [6.07, 6.45) is 3.47. The third kappa shape index (κ3) is 2.66. The molecule has 2 N–H and O–H groups in total. The number of nitrogens with two attached hydrogens (primary N) is 1. The molecule has 0 aliphatic carbocycles. The summed E-state index contributed by atoms with van der Waals surface area (Å²) >= 11 is 0. The van der Waals surface area contributed by atoms with Gasteiger partial charge in [-0.2, -0.15) is 0 Å². The van der Waals surface area contributed by atoms with E-state index >= 15 is 0 Å². The van der Waals surface area contributed by atoms with E-state index in [0.29, 0.717) is 6.54 Å². The molecule has 0 aromatic carbocycles. The molecule has 1 aromatic heterocycles. The summed E-state index contributed by atoms with van der Waals surface area (Å²) in [7, 11) is 0. The number of nitrogens with zero attached hydrogens (tertiary/aromatic N) is 4. The van der Waals surface area contributed by atoms with Gasteiger partial charge in [0.2, 0.25) is 11.9 Å². The second-order valence-electron chi connectivity index (χ2n) is 3.78. The fourth-order valence-electron chi connectivity index (χ4n) is 1.78. The molecule has 6 nitrogen and oxygen atoms in total. The standard InChI is InChI=1S/C10H15N5O/c11-9(16)8-14-4-6-15(7-5-14)10-12-2-1-3-13-10/h1-3H,4-8H2,(H2,11,16). The predicted molar refractivity (Wildman–Crippen MR) is 59.9 cm³/mol. The maximum absolute atomic E-state index is 10.8. The van der Waals surface area contributed by atoms with Crippen molar-refractivity contribution >= 4 is 11.9 Å². The average molecular weight is 221 g/mol. The van der Waals surface area contributed by atoms with Crippen molar-refractivity contribution in [3.63, 3.8) is 0 Å². The molecular formula is C10H15N5O. The van der Waals surface area contributed by atoms with Crippen LogP contribution in [0.3, 0.4) is 0 Å². The van der Waals surface area contributed by atoms with Crippen LogP contribution in [0.4, 0.5) is 5.95 Å². The van der Waals surface area contributed by atoms with Crippen molar-refractivity contribution in [1.29, 1.82) is 0 Å². The molecule has 1 fully saturated rings. The Balaban J connectivity index is 1.88. The molecule has 1 aromatic rings. The third-order valence-corrected chi connectivity index (χ3v) is 2.59. The first-order chi connectivity index (χ1) is 7.75. The van der Waals surface area contributed by atoms with Gasteiger partial charge in [-0.3, -0.25) is 9.69 Å². The number of hydrogen-bond donors (Lipinski definition) is 1. The minimum Gasteiger partial charge on any atom is -0.369 e. The zero-order chi connectivity index (χ0) is 11.4. The van der Waals surface area contributed by atoms with Gasteiger partial charge in [0, 0.05) is 38.6 Å². The largest absolute Gasteiger partial charge is 0.369 e. The van der Waals surface area contributed by atoms with Crippen LogP contribution < -0.4 is 10.6 Å². The summed E-state index contributed by atoms with van der Waals surface area (Å²) < 4.78 is 0. The van der Waals surface area contributed by atoms with Gasteiger partial charge in [-0.15, -0.1) is 0 Å². The van der Waals surface area contributed by atoms with Crippen LogP contribution >= 0.6 is 0 Å². The Kier molecular flexibility index (Phi) is 3.31. The zero-order valence-electron chi connectivity index (χ0n) is 9.04. The van der Waals surface area contributed by atoms with Gasteiger partial charge in [-0.05, 0) is 6.07 Å². The number of rotatable bonds is 3. The van der Waals surface area contributed by atoms with Crippen molar-refractivity contribution in [2.75, 3.05) is 37.6 Å². The van der Waals surface area contributed by atoms with Crippen molar-refractivity contribution in [3.05, 3.63) is 18.5 Å². The zero-order valence-corrected chi connectivity index (χ0v) is 9.04. The van der Waals surface area contributed by atoms with Crippen LogP contribution in [-0.4, -0.2) is 53.5 Å². The Morgan fingerprint density at radius 3 is 2.44 bits per heavy atom. The molecule has 2 heterocycles. The number of piperazine rings is 1. The first kappa shape index (κ1) is 10.8. The van der Waals surface area contributed by atoms with Crippen LogP contribution in [-0.2, 0) is 4.79 Å². The number of carbonyl (C=O) groups is 1. The molecule has 1 amide bonds. The Labute approximate surface area is 94.1 Å². The first-order valence-electron chi connectivity index (χ1n) is 5.28. The normalized spacial score (nSPS) is 17.4. The predicted octanol–water partition coefficient (Wildman–Crippen LogP) is -0.916. The number of aromatic nitrogens is 2. The lowest BCUT2D eigenvalue weighted by Gasteiger charge is -2.33. The SMILES string of the molecule is NC(=O)CN1CCN(c2ncccn2)CC1. The minimum atomic E-state index is -0.274. The van der Waals surface area contributed by atoms with Crippen molar-refractivity contribution < 1.29 is 4.79 Å². The van der Waals surface area contributed by atoms with Crippen molar-refractivity contribution in [2.45, 2.75) is 0 Å². The van der Waals surface area contributed by atoms with Gasteiger partial charge in [-0.1, -0.05) is 0 Å². The molecular weight excluding hydrogens is 206 g/mol. The van der Waals surface area contributed by atoms with Crippen LogP contribution in [0.15, 0.2) is 18.5 Å². The molecule has 6 heteroatoms. The van der Waals surface area contributed by atoms with Gasteiger partial charge in [0.05, 0.1) is 6.54 Å². The fourth-order valence-corrected chi connectivity index (χ4v) is 1.78. The van der Waals surface area contributed by atoms with E-state index < -0.39 is 0 Å². The molecule has 16 heavy (non-hydrogen) atoms. The molecule has 86 valence electrons. The average Bonchev–Trinajstić information content (AvgIpc) is 2.30. The van der Waals surface area contributed by atoms with Crippen LogP contribution in [0.1, 0.15) is 0 Å². The van der Waals surface area contributed by atoms with E-state index in [1.165, 1.54) is 0 Å². The van der Waals surface area contributed by atoms with Crippen molar-refractivity contribution in [3.8, 4) is 0 Å². The number of carbonyl (C=O) groups excluding carboxylic acids is 1. The van der Waals surface area contributed by atoms with E-state index in [-0.39, 0.29) is 5.91 Å². The Morgan fingerprint density at radius 1 is 1.25 bits per heavy atom. The summed E-state index contributed by atoms with van der Waals surface area (Å²) in [4.78, 5) is 23.3. The third-order valence-electron chi connectivity index (χ3n) is 2.59. The highest BCUT2D eigenvalue weighted by Crippen LogP contribution is 2.08. The number of amides is 1. The van der Waals surface area contributed by atoms with E-state index in [1.54, 1.807) is 18.5 Å². The van der Waals surface area contributed by atoms with E-state index in [0.717, 1.165) is 32.1 Å². The Bertz CT molecular complexity index is 347. The number of hydrogen-bond acceptors (Lipinski definition) is 5. The number of anilines is 1. The molecule has 0 bridgehead atoms. The van der Waals surface area contributed by atoms with E-state index in [9.17, 15) is 4.79 Å². The van der Waals surface area contributed by atoms with Gasteiger partial charge in [-0.25, -0.2) is 9.97 Å². The second-order valence-corrected chi connectivity index (χ2v) is 3.78. The van der Waals surface area contributed by atoms with Gasteiger partial charge in [0.15, 0.2) is 0 Å². The molecule has 0 saturated carbocycles. The second kappa shape index (κ2) is 4.89. The quantitative estimate of drug-likeness (QED) is 0.714. The molecule has 0 unspecified atom stereocenters. The Hall–Kier alpha value is -1.69. The highest BCUT2D eigenvalue weighted by Gasteiger charge is 2.19. The molecule has 1 aliphatic heterocycles. The summed E-state index contributed by atoms with van der Waals surface area (Å²) in [5.41, 5.74) is 5.15. The molecule has 0 atom stereocenters. The maximum atomic E-state index is 10.8. The summed E-state index contributed by atoms with van der Waals surface area (Å²) in [5.74, 6) is 0.477. The molecule has 0 radical (unpaired) electrons. The van der Waals surface area contributed by atoms with Gasteiger partial charge in [0.25, 0.3) is 0 Å². The summed E-state index contributed by atoms with van der Waals surface area (Å²) in [6, 6.07) is 1.80. The molecule has 2 rings (SSSR count). The Morgan fingerprint density at radius 2 is 1.88 bits per heavy atom. The summed E-state index contributed by atoms with van der Waals surface area (Å²) in [6.45, 7) is 3.64.